The molecule has 0 unspecified atom stereocenters. The summed E-state index contributed by atoms with van der Waals surface area (Å²) in [5, 5.41) is 3.50. The Bertz CT molecular complexity index is 345. The standard InChI is InChI=1S/C15H24N2/c1-3-13(4-2)12-17-10-9-16-11-14-7-5-6-8-15(14)17/h5-8,13,16H,3-4,9-12H2,1-2H3. The van der Waals surface area contributed by atoms with Crippen LogP contribution in [0, 0.1) is 5.92 Å². The van der Waals surface area contributed by atoms with Crippen molar-refractivity contribution >= 4 is 5.69 Å². The van der Waals surface area contributed by atoms with Crippen LogP contribution in [-0.2, 0) is 6.54 Å². The van der Waals surface area contributed by atoms with E-state index >= 15 is 0 Å². The predicted molar refractivity (Wildman–Crippen MR) is 74.4 cm³/mol. The first-order valence-electron chi connectivity index (χ1n) is 6.88. The number of para-hydroxylation sites is 1. The Morgan fingerprint density at radius 3 is 2.76 bits per heavy atom. The van der Waals surface area contributed by atoms with Crippen LogP contribution in [0.25, 0.3) is 0 Å². The molecule has 0 saturated carbocycles. The van der Waals surface area contributed by atoms with E-state index in [1.165, 1.54) is 30.6 Å². The van der Waals surface area contributed by atoms with E-state index in [1.807, 2.05) is 0 Å². The molecule has 0 amide bonds. The van der Waals surface area contributed by atoms with E-state index in [-0.39, 0.29) is 0 Å². The number of nitrogens with one attached hydrogen (secondary N) is 1. The second-order valence-corrected chi connectivity index (χ2v) is 4.93. The van der Waals surface area contributed by atoms with Gasteiger partial charge < -0.3 is 10.2 Å². The molecule has 0 aliphatic carbocycles. The van der Waals surface area contributed by atoms with Gasteiger partial charge in [0.1, 0.15) is 0 Å². The van der Waals surface area contributed by atoms with E-state index in [1.54, 1.807) is 0 Å². The zero-order valence-electron chi connectivity index (χ0n) is 11.1. The molecule has 1 aliphatic heterocycles. The lowest BCUT2D eigenvalue weighted by Crippen LogP contribution is -2.33. The molecule has 0 bridgehead atoms. The third-order valence-corrected chi connectivity index (χ3v) is 3.84. The van der Waals surface area contributed by atoms with Crippen LogP contribution in [0.3, 0.4) is 0 Å². The molecular weight excluding hydrogens is 208 g/mol. The summed E-state index contributed by atoms with van der Waals surface area (Å²) in [7, 11) is 0. The molecule has 2 rings (SSSR count). The van der Waals surface area contributed by atoms with Crippen LogP contribution >= 0.6 is 0 Å². The minimum Gasteiger partial charge on any atom is -0.370 e. The minimum atomic E-state index is 0.821. The molecule has 1 aromatic rings. The van der Waals surface area contributed by atoms with Crippen LogP contribution in [0.5, 0.6) is 0 Å². The minimum absolute atomic E-state index is 0.821. The van der Waals surface area contributed by atoms with Gasteiger partial charge in [-0.2, -0.15) is 0 Å². The first kappa shape index (κ1) is 12.4. The number of rotatable bonds is 4. The van der Waals surface area contributed by atoms with Gasteiger partial charge in [-0.1, -0.05) is 44.9 Å². The van der Waals surface area contributed by atoms with Crippen LogP contribution in [-0.4, -0.2) is 19.6 Å². The lowest BCUT2D eigenvalue weighted by atomic mass is 10.0. The van der Waals surface area contributed by atoms with Crippen molar-refractivity contribution in [1.82, 2.24) is 5.32 Å². The van der Waals surface area contributed by atoms with Crippen LogP contribution < -0.4 is 10.2 Å². The summed E-state index contributed by atoms with van der Waals surface area (Å²) >= 11 is 0. The van der Waals surface area contributed by atoms with Gasteiger partial charge >= 0.3 is 0 Å². The highest BCUT2D eigenvalue weighted by Crippen LogP contribution is 2.24. The Labute approximate surface area is 105 Å². The highest BCUT2D eigenvalue weighted by Gasteiger charge is 2.16. The number of anilines is 1. The second-order valence-electron chi connectivity index (χ2n) is 4.93. The maximum absolute atomic E-state index is 3.50. The fourth-order valence-electron chi connectivity index (χ4n) is 2.57. The fourth-order valence-corrected chi connectivity index (χ4v) is 2.57. The molecule has 17 heavy (non-hydrogen) atoms. The van der Waals surface area contributed by atoms with Gasteiger partial charge in [-0.3, -0.25) is 0 Å². The van der Waals surface area contributed by atoms with Crippen LogP contribution in [0.4, 0.5) is 5.69 Å². The number of hydrogen-bond donors (Lipinski definition) is 1. The van der Waals surface area contributed by atoms with E-state index < -0.39 is 0 Å². The van der Waals surface area contributed by atoms with Crippen molar-refractivity contribution in [3.63, 3.8) is 0 Å². The molecule has 2 heteroatoms. The topological polar surface area (TPSA) is 15.3 Å². The lowest BCUT2D eigenvalue weighted by Gasteiger charge is -2.28. The van der Waals surface area contributed by atoms with Gasteiger partial charge in [-0.05, 0) is 17.5 Å². The average Bonchev–Trinajstić information content (AvgIpc) is 2.58. The smallest absolute Gasteiger partial charge is 0.0412 e. The Hall–Kier alpha value is -1.02. The summed E-state index contributed by atoms with van der Waals surface area (Å²) in [5.41, 5.74) is 2.88. The quantitative estimate of drug-likeness (QED) is 0.858. The Kier molecular flexibility index (Phi) is 4.43. The van der Waals surface area contributed by atoms with Crippen molar-refractivity contribution in [2.24, 2.45) is 5.92 Å². The monoisotopic (exact) mass is 232 g/mol. The number of benzene rings is 1. The molecule has 1 N–H and O–H groups in total. The Balaban J connectivity index is 2.16. The molecule has 1 aliphatic rings. The molecule has 94 valence electrons. The maximum atomic E-state index is 3.50. The van der Waals surface area contributed by atoms with Crippen LogP contribution in [0.2, 0.25) is 0 Å². The van der Waals surface area contributed by atoms with E-state index in [9.17, 15) is 0 Å². The zero-order valence-corrected chi connectivity index (χ0v) is 11.1. The zero-order chi connectivity index (χ0) is 12.1. The third-order valence-electron chi connectivity index (χ3n) is 3.84. The molecule has 2 nitrogen and oxygen atoms in total. The van der Waals surface area contributed by atoms with E-state index in [0.717, 1.165) is 25.6 Å². The summed E-state index contributed by atoms with van der Waals surface area (Å²) in [5.74, 6) is 0.821. The molecule has 0 atom stereocenters. The lowest BCUT2D eigenvalue weighted by molar-refractivity contribution is 0.482. The predicted octanol–water partition coefficient (Wildman–Crippen LogP) is 3.03. The van der Waals surface area contributed by atoms with E-state index in [0.29, 0.717) is 0 Å². The van der Waals surface area contributed by atoms with Crippen LogP contribution in [0.1, 0.15) is 32.3 Å². The van der Waals surface area contributed by atoms with Gasteiger partial charge in [0.05, 0.1) is 0 Å². The molecular formula is C15H24N2. The Morgan fingerprint density at radius 1 is 1.24 bits per heavy atom. The largest absolute Gasteiger partial charge is 0.370 e. The van der Waals surface area contributed by atoms with Gasteiger partial charge in [0.15, 0.2) is 0 Å². The Morgan fingerprint density at radius 2 is 2.00 bits per heavy atom. The normalized spacial score (nSPS) is 15.8. The number of fused-ring (bicyclic) bond motifs is 1. The molecule has 0 fully saturated rings. The SMILES string of the molecule is CCC(CC)CN1CCNCc2ccccc21. The van der Waals surface area contributed by atoms with Gasteiger partial charge in [-0.15, -0.1) is 0 Å². The van der Waals surface area contributed by atoms with Gasteiger partial charge in [0, 0.05) is 31.9 Å². The van der Waals surface area contributed by atoms with E-state index in [2.05, 4.69) is 48.3 Å². The third kappa shape index (κ3) is 3.01. The van der Waals surface area contributed by atoms with Crippen LogP contribution in [0.15, 0.2) is 24.3 Å². The first-order valence-corrected chi connectivity index (χ1v) is 6.88. The fraction of sp³-hybridized carbons (Fsp3) is 0.600. The first-order chi connectivity index (χ1) is 8.35. The number of hydrogen-bond acceptors (Lipinski definition) is 2. The number of nitrogens with zero attached hydrogens (tertiary/aromatic N) is 1. The average molecular weight is 232 g/mol. The summed E-state index contributed by atoms with van der Waals surface area (Å²) in [6, 6.07) is 8.81. The summed E-state index contributed by atoms with van der Waals surface area (Å²) in [4.78, 5) is 2.56. The highest BCUT2D eigenvalue weighted by atomic mass is 15.2. The van der Waals surface area contributed by atoms with Gasteiger partial charge in [0.2, 0.25) is 0 Å². The molecule has 0 saturated heterocycles. The second kappa shape index (κ2) is 6.06. The van der Waals surface area contributed by atoms with Crippen molar-refractivity contribution in [3.05, 3.63) is 29.8 Å². The molecule has 1 heterocycles. The summed E-state index contributed by atoms with van der Waals surface area (Å²) in [6.07, 6.45) is 2.56. The van der Waals surface area contributed by atoms with Gasteiger partial charge in [-0.25, -0.2) is 0 Å². The highest BCUT2D eigenvalue weighted by molar-refractivity contribution is 5.54. The molecule has 0 aromatic heterocycles. The van der Waals surface area contributed by atoms with Gasteiger partial charge in [0.25, 0.3) is 0 Å². The molecule has 0 radical (unpaired) electrons. The molecule has 1 aromatic carbocycles. The van der Waals surface area contributed by atoms with Crippen molar-refractivity contribution in [3.8, 4) is 0 Å². The van der Waals surface area contributed by atoms with Crippen molar-refractivity contribution in [2.45, 2.75) is 33.2 Å². The van der Waals surface area contributed by atoms with Crippen molar-refractivity contribution < 1.29 is 0 Å². The summed E-state index contributed by atoms with van der Waals surface area (Å²) < 4.78 is 0. The molecule has 0 spiro atoms. The van der Waals surface area contributed by atoms with Crippen molar-refractivity contribution in [2.75, 3.05) is 24.5 Å². The van der Waals surface area contributed by atoms with Crippen molar-refractivity contribution in [1.29, 1.82) is 0 Å². The summed E-state index contributed by atoms with van der Waals surface area (Å²) in [6.45, 7) is 9.04. The maximum Gasteiger partial charge on any atom is 0.0412 e. The van der Waals surface area contributed by atoms with E-state index in [4.69, 9.17) is 0 Å².